The van der Waals surface area contributed by atoms with Gasteiger partial charge in [0, 0.05) is 4.90 Å². The summed E-state index contributed by atoms with van der Waals surface area (Å²) in [6.07, 6.45) is 1.83. The number of benzene rings is 1. The number of carboxylic acids is 2. The molecule has 0 radical (unpaired) electrons. The van der Waals surface area contributed by atoms with E-state index in [0.29, 0.717) is 10.6 Å². The van der Waals surface area contributed by atoms with Gasteiger partial charge in [-0.3, -0.25) is 9.59 Å². The second kappa shape index (κ2) is 7.39. The highest BCUT2D eigenvalue weighted by Crippen LogP contribution is 2.24. The van der Waals surface area contributed by atoms with E-state index in [-0.39, 0.29) is 0 Å². The van der Waals surface area contributed by atoms with Gasteiger partial charge in [-0.1, -0.05) is 12.1 Å². The second-order valence-electron chi connectivity index (χ2n) is 3.77. The molecule has 0 saturated carbocycles. The van der Waals surface area contributed by atoms with Gasteiger partial charge in [0.05, 0.1) is 5.69 Å². The molecular formula is C12H14N2O5S. The molecule has 1 aromatic rings. The van der Waals surface area contributed by atoms with E-state index in [1.165, 1.54) is 11.8 Å². The van der Waals surface area contributed by atoms with Gasteiger partial charge in [-0.15, -0.1) is 11.8 Å². The van der Waals surface area contributed by atoms with E-state index < -0.39 is 31.1 Å². The molecule has 7 nitrogen and oxygen atoms in total. The summed E-state index contributed by atoms with van der Waals surface area (Å²) in [5.74, 6) is -2.56. The van der Waals surface area contributed by atoms with Crippen LogP contribution < -0.4 is 5.32 Å². The minimum Gasteiger partial charge on any atom is -0.480 e. The van der Waals surface area contributed by atoms with E-state index in [9.17, 15) is 14.4 Å². The Labute approximate surface area is 119 Å². The lowest BCUT2D eigenvalue weighted by Crippen LogP contribution is -2.42. The molecular weight excluding hydrogens is 284 g/mol. The maximum absolute atomic E-state index is 11.9. The molecule has 0 aliphatic rings. The van der Waals surface area contributed by atoms with Crippen LogP contribution in [0, 0.1) is 0 Å². The number of anilines is 1. The number of carbonyl (C=O) groups is 3. The van der Waals surface area contributed by atoms with Gasteiger partial charge in [0.1, 0.15) is 13.1 Å². The van der Waals surface area contributed by atoms with Crippen LogP contribution >= 0.6 is 11.8 Å². The van der Waals surface area contributed by atoms with Gasteiger partial charge in [0.2, 0.25) is 0 Å². The summed E-state index contributed by atoms with van der Waals surface area (Å²) >= 11 is 1.41. The largest absolute Gasteiger partial charge is 0.480 e. The average Bonchev–Trinajstić information content (AvgIpc) is 2.37. The van der Waals surface area contributed by atoms with Gasteiger partial charge in [-0.05, 0) is 18.4 Å². The lowest BCUT2D eigenvalue weighted by molar-refractivity contribution is -0.140. The third-order valence-corrected chi connectivity index (χ3v) is 3.08. The van der Waals surface area contributed by atoms with Crippen LogP contribution in [0.2, 0.25) is 0 Å². The molecule has 0 heterocycles. The van der Waals surface area contributed by atoms with Crippen LogP contribution in [0.1, 0.15) is 0 Å². The number of thioether (sulfide) groups is 1. The van der Waals surface area contributed by atoms with Crippen molar-refractivity contribution in [2.75, 3.05) is 24.7 Å². The molecule has 0 aromatic heterocycles. The molecule has 20 heavy (non-hydrogen) atoms. The number of urea groups is 1. The monoisotopic (exact) mass is 298 g/mol. The molecule has 8 heteroatoms. The lowest BCUT2D eigenvalue weighted by atomic mass is 10.3. The number of nitrogens with zero attached hydrogens (tertiary/aromatic N) is 1. The molecule has 0 saturated heterocycles. The van der Waals surface area contributed by atoms with Crippen molar-refractivity contribution in [1.29, 1.82) is 0 Å². The maximum atomic E-state index is 11.9. The van der Waals surface area contributed by atoms with E-state index in [2.05, 4.69) is 5.32 Å². The van der Waals surface area contributed by atoms with Crippen molar-refractivity contribution in [3.63, 3.8) is 0 Å². The van der Waals surface area contributed by atoms with Crippen LogP contribution in [0.5, 0.6) is 0 Å². The molecule has 0 atom stereocenters. The first-order chi connectivity index (χ1) is 9.43. The Hall–Kier alpha value is -2.22. The Morgan fingerprint density at radius 2 is 1.70 bits per heavy atom. The van der Waals surface area contributed by atoms with E-state index >= 15 is 0 Å². The van der Waals surface area contributed by atoms with E-state index in [4.69, 9.17) is 10.2 Å². The normalized spacial score (nSPS) is 9.85. The third kappa shape index (κ3) is 4.81. The van der Waals surface area contributed by atoms with Crippen LogP contribution in [0.3, 0.4) is 0 Å². The van der Waals surface area contributed by atoms with Crippen LogP contribution in [0.25, 0.3) is 0 Å². The zero-order chi connectivity index (χ0) is 15.1. The van der Waals surface area contributed by atoms with Gasteiger partial charge >= 0.3 is 18.0 Å². The average molecular weight is 298 g/mol. The first kappa shape index (κ1) is 15.8. The van der Waals surface area contributed by atoms with Crippen molar-refractivity contribution >= 4 is 35.4 Å². The fraction of sp³-hybridized carbons (Fsp3) is 0.250. The first-order valence-electron chi connectivity index (χ1n) is 5.56. The van der Waals surface area contributed by atoms with Gasteiger partial charge in [-0.2, -0.15) is 0 Å². The second-order valence-corrected chi connectivity index (χ2v) is 4.62. The van der Waals surface area contributed by atoms with Crippen molar-refractivity contribution < 1.29 is 24.6 Å². The molecule has 1 rings (SSSR count). The van der Waals surface area contributed by atoms with Gasteiger partial charge in [0.15, 0.2) is 0 Å². The molecule has 0 aliphatic heterocycles. The molecule has 3 N–H and O–H groups in total. The topological polar surface area (TPSA) is 107 Å². The predicted octanol–water partition coefficient (Wildman–Crippen LogP) is 1.41. The Morgan fingerprint density at radius 3 is 2.20 bits per heavy atom. The minimum absolute atomic E-state index is 0.505. The van der Waals surface area contributed by atoms with Crippen molar-refractivity contribution in [3.8, 4) is 0 Å². The fourth-order valence-corrected chi connectivity index (χ4v) is 2.02. The Balaban J connectivity index is 2.84. The SMILES string of the molecule is CSc1ccccc1NC(=O)N(CC(=O)O)CC(=O)O. The predicted molar refractivity (Wildman–Crippen MR) is 74.1 cm³/mol. The van der Waals surface area contributed by atoms with E-state index in [1.807, 2.05) is 6.26 Å². The van der Waals surface area contributed by atoms with Gasteiger partial charge in [-0.25, -0.2) is 4.79 Å². The van der Waals surface area contributed by atoms with Gasteiger partial charge in [0.25, 0.3) is 0 Å². The number of nitrogens with one attached hydrogen (secondary N) is 1. The van der Waals surface area contributed by atoms with E-state index in [1.54, 1.807) is 24.3 Å². The Morgan fingerprint density at radius 1 is 1.15 bits per heavy atom. The number of aliphatic carboxylic acids is 2. The molecule has 1 aromatic carbocycles. The van der Waals surface area contributed by atoms with Crippen molar-refractivity contribution in [3.05, 3.63) is 24.3 Å². The zero-order valence-electron chi connectivity index (χ0n) is 10.7. The van der Waals surface area contributed by atoms with Crippen LogP contribution in [0.4, 0.5) is 10.5 Å². The summed E-state index contributed by atoms with van der Waals surface area (Å²) in [5.41, 5.74) is 0.505. The summed E-state index contributed by atoms with van der Waals surface area (Å²) in [7, 11) is 0. The highest BCUT2D eigenvalue weighted by atomic mass is 32.2. The number of carbonyl (C=O) groups excluding carboxylic acids is 1. The smallest absolute Gasteiger partial charge is 0.323 e. The zero-order valence-corrected chi connectivity index (χ0v) is 11.5. The molecule has 0 aliphatic carbocycles. The number of amides is 2. The van der Waals surface area contributed by atoms with Gasteiger partial charge < -0.3 is 20.4 Å². The summed E-state index contributed by atoms with van der Waals surface area (Å²) in [6, 6.07) is 6.20. The minimum atomic E-state index is -1.28. The Kier molecular flexibility index (Phi) is 5.85. The van der Waals surface area contributed by atoms with Crippen molar-refractivity contribution in [2.24, 2.45) is 0 Å². The number of carboxylic acid groups (broad SMARTS) is 2. The van der Waals surface area contributed by atoms with Crippen LogP contribution in [0.15, 0.2) is 29.2 Å². The molecule has 2 amide bonds. The van der Waals surface area contributed by atoms with Crippen LogP contribution in [-0.2, 0) is 9.59 Å². The molecule has 0 spiro atoms. The summed E-state index contributed by atoms with van der Waals surface area (Å²) in [5, 5.41) is 19.9. The molecule has 0 bridgehead atoms. The number of hydrogen-bond acceptors (Lipinski definition) is 4. The number of para-hydroxylation sites is 1. The summed E-state index contributed by atoms with van der Waals surface area (Å²) in [4.78, 5) is 34.7. The highest BCUT2D eigenvalue weighted by molar-refractivity contribution is 7.98. The first-order valence-corrected chi connectivity index (χ1v) is 6.79. The maximum Gasteiger partial charge on any atom is 0.323 e. The molecule has 108 valence electrons. The third-order valence-electron chi connectivity index (χ3n) is 2.29. The van der Waals surface area contributed by atoms with E-state index in [0.717, 1.165) is 4.90 Å². The molecule has 0 unspecified atom stereocenters. The summed E-state index contributed by atoms with van der Waals surface area (Å²) < 4.78 is 0. The van der Waals surface area contributed by atoms with Crippen molar-refractivity contribution in [1.82, 2.24) is 4.90 Å². The lowest BCUT2D eigenvalue weighted by Gasteiger charge is -2.19. The summed E-state index contributed by atoms with van der Waals surface area (Å²) in [6.45, 7) is -1.36. The Bertz CT molecular complexity index is 504. The quantitative estimate of drug-likeness (QED) is 0.685. The fourth-order valence-electron chi connectivity index (χ4n) is 1.47. The standard InChI is InChI=1S/C12H14N2O5S/c1-20-9-5-3-2-4-8(9)13-12(19)14(6-10(15)16)7-11(17)18/h2-5H,6-7H2,1H3,(H,13,19)(H,15,16)(H,17,18). The molecule has 0 fully saturated rings. The van der Waals surface area contributed by atoms with Crippen molar-refractivity contribution in [2.45, 2.75) is 4.90 Å². The highest BCUT2D eigenvalue weighted by Gasteiger charge is 2.20. The number of hydrogen-bond donors (Lipinski definition) is 3. The van der Waals surface area contributed by atoms with Crippen LogP contribution in [-0.4, -0.2) is 52.4 Å². The number of rotatable bonds is 6.